The number of hydrogen-bond donors (Lipinski definition) is 1. The molecule has 0 amide bonds. The molecule has 0 heterocycles. The highest BCUT2D eigenvalue weighted by Crippen LogP contribution is 2.49. The van der Waals surface area contributed by atoms with E-state index in [0.29, 0.717) is 11.6 Å². The number of ether oxygens (including phenoxy) is 1. The molecule has 86 valence electrons. The summed E-state index contributed by atoms with van der Waals surface area (Å²) in [7, 11) is 0. The van der Waals surface area contributed by atoms with Gasteiger partial charge in [-0.25, -0.2) is 0 Å². The summed E-state index contributed by atoms with van der Waals surface area (Å²) in [6, 6.07) is 7.87. The minimum Gasteiger partial charge on any atom is -0.492 e. The van der Waals surface area contributed by atoms with Gasteiger partial charge in [-0.2, -0.15) is 0 Å². The molecule has 1 aliphatic rings. The molecule has 0 unspecified atom stereocenters. The summed E-state index contributed by atoms with van der Waals surface area (Å²) in [5.41, 5.74) is 5.79. The number of para-hydroxylation sites is 1. The van der Waals surface area contributed by atoms with Gasteiger partial charge in [-0.15, -0.1) is 0 Å². The third-order valence-corrected chi connectivity index (χ3v) is 3.68. The molecule has 2 N–H and O–H groups in total. The Morgan fingerprint density at radius 3 is 2.69 bits per heavy atom. The normalized spacial score (nSPS) is 16.8. The minimum absolute atomic E-state index is 0.209. The fourth-order valence-corrected chi connectivity index (χ4v) is 2.42. The van der Waals surface area contributed by atoms with E-state index >= 15 is 0 Å². The molecule has 1 saturated carbocycles. The number of rotatable bonds is 5. The molecule has 0 saturated heterocycles. The van der Waals surface area contributed by atoms with Crippen molar-refractivity contribution in [3.63, 3.8) is 0 Å². The summed E-state index contributed by atoms with van der Waals surface area (Å²) >= 11 is 8.41. The van der Waals surface area contributed by atoms with Gasteiger partial charge in [0.15, 0.2) is 0 Å². The van der Waals surface area contributed by atoms with E-state index in [1.54, 1.807) is 0 Å². The molecule has 0 bridgehead atoms. The Kier molecular flexibility index (Phi) is 3.50. The predicted octanol–water partition coefficient (Wildman–Crippen LogP) is 3.28. The van der Waals surface area contributed by atoms with E-state index in [9.17, 15) is 0 Å². The highest BCUT2D eigenvalue weighted by Gasteiger charge is 2.43. The molecule has 4 heteroatoms. The average molecular weight is 300 g/mol. The third kappa shape index (κ3) is 2.95. The molecule has 2 nitrogen and oxygen atoms in total. The molecule has 1 aromatic rings. The summed E-state index contributed by atoms with van der Waals surface area (Å²) in [6.07, 6.45) is 3.12. The second kappa shape index (κ2) is 4.72. The van der Waals surface area contributed by atoms with E-state index in [-0.39, 0.29) is 5.41 Å². The lowest BCUT2D eigenvalue weighted by molar-refractivity contribution is 0.238. The Balaban J connectivity index is 1.93. The lowest BCUT2D eigenvalue weighted by Crippen LogP contribution is -2.21. The first-order valence-electron chi connectivity index (χ1n) is 5.27. The van der Waals surface area contributed by atoms with Gasteiger partial charge < -0.3 is 10.5 Å². The second-order valence-corrected chi connectivity index (χ2v) is 5.74. The van der Waals surface area contributed by atoms with E-state index < -0.39 is 0 Å². The largest absolute Gasteiger partial charge is 0.492 e. The van der Waals surface area contributed by atoms with Crippen LogP contribution in [-0.2, 0) is 0 Å². The predicted molar refractivity (Wildman–Crippen MR) is 72.7 cm³/mol. The summed E-state index contributed by atoms with van der Waals surface area (Å²) in [6.45, 7) is 0.701. The van der Waals surface area contributed by atoms with E-state index in [0.717, 1.165) is 29.5 Å². The summed E-state index contributed by atoms with van der Waals surface area (Å²) in [5, 5.41) is 0. The minimum atomic E-state index is 0.209. The van der Waals surface area contributed by atoms with Gasteiger partial charge in [0, 0.05) is 11.8 Å². The van der Waals surface area contributed by atoms with E-state index in [4.69, 9.17) is 22.7 Å². The first-order chi connectivity index (χ1) is 7.61. The van der Waals surface area contributed by atoms with E-state index in [2.05, 4.69) is 15.9 Å². The van der Waals surface area contributed by atoms with Gasteiger partial charge in [0.25, 0.3) is 0 Å². The highest BCUT2D eigenvalue weighted by molar-refractivity contribution is 9.10. The van der Waals surface area contributed by atoms with Crippen LogP contribution in [0.4, 0.5) is 0 Å². The van der Waals surface area contributed by atoms with E-state index in [1.165, 1.54) is 0 Å². The van der Waals surface area contributed by atoms with Crippen LogP contribution in [0.1, 0.15) is 19.3 Å². The molecule has 0 spiro atoms. The van der Waals surface area contributed by atoms with Crippen molar-refractivity contribution in [2.45, 2.75) is 19.3 Å². The van der Waals surface area contributed by atoms with Gasteiger partial charge in [0.2, 0.25) is 0 Å². The van der Waals surface area contributed by atoms with Crippen molar-refractivity contribution in [2.24, 2.45) is 11.1 Å². The van der Waals surface area contributed by atoms with Gasteiger partial charge >= 0.3 is 0 Å². The Hall–Kier alpha value is -0.610. The van der Waals surface area contributed by atoms with Crippen LogP contribution in [0.3, 0.4) is 0 Å². The molecule has 1 aromatic carbocycles. The topological polar surface area (TPSA) is 35.2 Å². The van der Waals surface area contributed by atoms with Crippen molar-refractivity contribution < 1.29 is 4.74 Å². The van der Waals surface area contributed by atoms with Crippen molar-refractivity contribution in [1.82, 2.24) is 0 Å². The SMILES string of the molecule is NC(=S)CC1(COc2ccccc2Br)CC1. The maximum absolute atomic E-state index is 5.80. The Morgan fingerprint density at radius 1 is 1.44 bits per heavy atom. The van der Waals surface area contributed by atoms with Crippen LogP contribution >= 0.6 is 28.1 Å². The number of benzene rings is 1. The number of hydrogen-bond acceptors (Lipinski definition) is 2. The summed E-state index contributed by atoms with van der Waals surface area (Å²) < 4.78 is 6.79. The molecular formula is C12H14BrNOS. The van der Waals surface area contributed by atoms with Crippen LogP contribution in [0.5, 0.6) is 5.75 Å². The van der Waals surface area contributed by atoms with Gasteiger partial charge in [-0.05, 0) is 40.9 Å². The number of thiocarbonyl (C=S) groups is 1. The van der Waals surface area contributed by atoms with Crippen molar-refractivity contribution in [3.8, 4) is 5.75 Å². The first-order valence-corrected chi connectivity index (χ1v) is 6.47. The first kappa shape index (κ1) is 11.9. The maximum atomic E-state index is 5.80. The Bertz CT molecular complexity index is 404. The van der Waals surface area contributed by atoms with Gasteiger partial charge in [-0.1, -0.05) is 24.4 Å². The molecule has 0 atom stereocenters. The number of nitrogens with two attached hydrogens (primary N) is 1. The van der Waals surface area contributed by atoms with Crippen LogP contribution in [0.15, 0.2) is 28.7 Å². The standard InChI is InChI=1S/C12H14BrNOS/c13-9-3-1-2-4-10(9)15-8-12(5-6-12)7-11(14)16/h1-4H,5-8H2,(H2,14,16). The monoisotopic (exact) mass is 299 g/mol. The van der Waals surface area contributed by atoms with Crippen LogP contribution in [0.2, 0.25) is 0 Å². The molecule has 2 rings (SSSR count). The average Bonchev–Trinajstić information content (AvgIpc) is 2.96. The number of halogens is 1. The zero-order chi connectivity index (χ0) is 11.6. The Labute approximate surface area is 109 Å². The lowest BCUT2D eigenvalue weighted by atomic mass is 10.0. The van der Waals surface area contributed by atoms with Crippen molar-refractivity contribution in [3.05, 3.63) is 28.7 Å². The zero-order valence-corrected chi connectivity index (χ0v) is 11.3. The van der Waals surface area contributed by atoms with Gasteiger partial charge in [0.05, 0.1) is 16.1 Å². The maximum Gasteiger partial charge on any atom is 0.133 e. The molecule has 16 heavy (non-hydrogen) atoms. The van der Waals surface area contributed by atoms with Crippen LogP contribution in [0, 0.1) is 5.41 Å². The van der Waals surface area contributed by atoms with Crippen LogP contribution < -0.4 is 10.5 Å². The van der Waals surface area contributed by atoms with Gasteiger partial charge in [0.1, 0.15) is 5.75 Å². The molecule has 1 fully saturated rings. The molecular weight excluding hydrogens is 286 g/mol. The Morgan fingerprint density at radius 2 is 2.12 bits per heavy atom. The van der Waals surface area contributed by atoms with Crippen molar-refractivity contribution >= 4 is 33.1 Å². The van der Waals surface area contributed by atoms with Gasteiger partial charge in [-0.3, -0.25) is 0 Å². The molecule has 0 aliphatic heterocycles. The molecule has 0 radical (unpaired) electrons. The summed E-state index contributed by atoms with van der Waals surface area (Å²) in [5.74, 6) is 0.886. The highest BCUT2D eigenvalue weighted by atomic mass is 79.9. The quantitative estimate of drug-likeness (QED) is 0.848. The van der Waals surface area contributed by atoms with Crippen molar-refractivity contribution in [1.29, 1.82) is 0 Å². The summed E-state index contributed by atoms with van der Waals surface area (Å²) in [4.78, 5) is 0.591. The van der Waals surface area contributed by atoms with Crippen LogP contribution in [-0.4, -0.2) is 11.6 Å². The zero-order valence-electron chi connectivity index (χ0n) is 8.91. The van der Waals surface area contributed by atoms with E-state index in [1.807, 2.05) is 24.3 Å². The van der Waals surface area contributed by atoms with Crippen LogP contribution in [0.25, 0.3) is 0 Å². The lowest BCUT2D eigenvalue weighted by Gasteiger charge is -2.16. The molecule has 1 aliphatic carbocycles. The second-order valence-electron chi connectivity index (χ2n) is 4.36. The van der Waals surface area contributed by atoms with Crippen molar-refractivity contribution in [2.75, 3.05) is 6.61 Å². The fraction of sp³-hybridized carbons (Fsp3) is 0.417. The third-order valence-electron chi connectivity index (χ3n) is 2.88. The smallest absolute Gasteiger partial charge is 0.133 e. The molecule has 0 aromatic heterocycles. The fourth-order valence-electron chi connectivity index (χ4n) is 1.71.